The molecular formula is C13H24N2O2. The van der Waals surface area contributed by atoms with Gasteiger partial charge < -0.3 is 15.4 Å². The second-order valence-electron chi connectivity index (χ2n) is 5.12. The topological polar surface area (TPSA) is 55.6 Å². The smallest absolute Gasteiger partial charge is 0.228 e. The van der Waals surface area contributed by atoms with Gasteiger partial charge in [-0.15, -0.1) is 0 Å². The summed E-state index contributed by atoms with van der Waals surface area (Å²) in [6.07, 6.45) is 5.48. The van der Waals surface area contributed by atoms with Gasteiger partial charge in [0.25, 0.3) is 0 Å². The van der Waals surface area contributed by atoms with Crippen LogP contribution in [0.25, 0.3) is 0 Å². The molecule has 0 aromatic carbocycles. The number of carbonyl (C=O) groups is 1. The van der Waals surface area contributed by atoms with Gasteiger partial charge in [-0.25, -0.2) is 0 Å². The number of ether oxygens (including phenoxy) is 1. The first-order valence-corrected chi connectivity index (χ1v) is 6.90. The predicted molar refractivity (Wildman–Crippen MR) is 66.5 cm³/mol. The number of hydrogen-bond acceptors (Lipinski definition) is 3. The van der Waals surface area contributed by atoms with Crippen molar-refractivity contribution in [2.45, 2.75) is 51.2 Å². The van der Waals surface area contributed by atoms with Crippen molar-refractivity contribution < 1.29 is 9.53 Å². The normalized spacial score (nSPS) is 29.1. The third kappa shape index (κ3) is 2.63. The first-order valence-electron chi connectivity index (χ1n) is 6.90. The summed E-state index contributed by atoms with van der Waals surface area (Å²) < 4.78 is 5.62. The summed E-state index contributed by atoms with van der Waals surface area (Å²) in [6, 6.07) is 0.448. The maximum absolute atomic E-state index is 12.5. The van der Waals surface area contributed by atoms with Crippen molar-refractivity contribution in [2.75, 3.05) is 19.7 Å². The minimum absolute atomic E-state index is 0.0761. The zero-order chi connectivity index (χ0) is 12.3. The van der Waals surface area contributed by atoms with Crippen LogP contribution in [0.3, 0.4) is 0 Å². The molecule has 1 saturated carbocycles. The van der Waals surface area contributed by atoms with Crippen molar-refractivity contribution in [3.63, 3.8) is 0 Å². The van der Waals surface area contributed by atoms with Gasteiger partial charge in [0.1, 0.15) is 0 Å². The maximum atomic E-state index is 12.5. The van der Waals surface area contributed by atoms with Crippen molar-refractivity contribution in [3.05, 3.63) is 0 Å². The van der Waals surface area contributed by atoms with Crippen LogP contribution in [-0.2, 0) is 9.53 Å². The summed E-state index contributed by atoms with van der Waals surface area (Å²) in [7, 11) is 0. The predicted octanol–water partition coefficient (Wildman–Crippen LogP) is 1.14. The Bertz CT molecular complexity index is 266. The molecule has 0 spiro atoms. The van der Waals surface area contributed by atoms with Crippen molar-refractivity contribution in [3.8, 4) is 0 Å². The Balaban J connectivity index is 1.99. The highest BCUT2D eigenvalue weighted by molar-refractivity contribution is 5.80. The van der Waals surface area contributed by atoms with E-state index in [1.54, 1.807) is 0 Å². The van der Waals surface area contributed by atoms with Gasteiger partial charge in [0.2, 0.25) is 5.91 Å². The highest BCUT2D eigenvalue weighted by Gasteiger charge is 2.38. The van der Waals surface area contributed by atoms with Crippen molar-refractivity contribution >= 4 is 5.91 Å². The Morgan fingerprint density at radius 3 is 2.71 bits per heavy atom. The molecular weight excluding hydrogens is 216 g/mol. The Kier molecular flexibility index (Phi) is 4.40. The second-order valence-corrected chi connectivity index (χ2v) is 5.12. The Labute approximate surface area is 103 Å². The Morgan fingerprint density at radius 2 is 2.18 bits per heavy atom. The fourth-order valence-corrected chi connectivity index (χ4v) is 2.86. The standard InChI is InChI=1S/C13H24N2O2/c1-2-12-11(6-9-17-12)13(16)15(8-7-14)10-4-3-5-10/h10-12H,2-9,14H2,1H3. The van der Waals surface area contributed by atoms with Crippen molar-refractivity contribution in [1.82, 2.24) is 4.90 Å². The first-order chi connectivity index (χ1) is 8.27. The van der Waals surface area contributed by atoms with E-state index in [-0.39, 0.29) is 17.9 Å². The molecule has 1 heterocycles. The fourth-order valence-electron chi connectivity index (χ4n) is 2.86. The highest BCUT2D eigenvalue weighted by atomic mass is 16.5. The summed E-state index contributed by atoms with van der Waals surface area (Å²) in [4.78, 5) is 14.5. The van der Waals surface area contributed by atoms with Crippen LogP contribution in [0.1, 0.15) is 39.0 Å². The molecule has 2 rings (SSSR count). The molecule has 17 heavy (non-hydrogen) atoms. The molecule has 98 valence electrons. The average molecular weight is 240 g/mol. The van der Waals surface area contributed by atoms with E-state index in [9.17, 15) is 4.79 Å². The largest absolute Gasteiger partial charge is 0.377 e. The van der Waals surface area contributed by atoms with Gasteiger partial charge in [-0.1, -0.05) is 6.92 Å². The molecule has 2 atom stereocenters. The van der Waals surface area contributed by atoms with Gasteiger partial charge in [0.15, 0.2) is 0 Å². The Morgan fingerprint density at radius 1 is 1.41 bits per heavy atom. The number of nitrogens with zero attached hydrogens (tertiary/aromatic N) is 1. The summed E-state index contributed by atoms with van der Waals surface area (Å²) in [6.45, 7) is 4.09. The molecule has 1 saturated heterocycles. The molecule has 4 nitrogen and oxygen atoms in total. The van der Waals surface area contributed by atoms with E-state index >= 15 is 0 Å². The van der Waals surface area contributed by atoms with Gasteiger partial charge in [-0.05, 0) is 32.1 Å². The van der Waals surface area contributed by atoms with Gasteiger partial charge in [0, 0.05) is 25.7 Å². The van der Waals surface area contributed by atoms with E-state index in [1.165, 1.54) is 6.42 Å². The second kappa shape index (κ2) is 5.83. The molecule has 1 aliphatic carbocycles. The minimum atomic E-state index is 0.0761. The van der Waals surface area contributed by atoms with E-state index in [4.69, 9.17) is 10.5 Å². The number of carbonyl (C=O) groups excluding carboxylic acids is 1. The van der Waals surface area contributed by atoms with Crippen molar-refractivity contribution in [2.24, 2.45) is 11.7 Å². The van der Waals surface area contributed by atoms with E-state index in [1.807, 2.05) is 4.90 Å². The maximum Gasteiger partial charge on any atom is 0.228 e. The Hall–Kier alpha value is -0.610. The summed E-state index contributed by atoms with van der Waals surface area (Å²) in [5, 5.41) is 0. The van der Waals surface area contributed by atoms with E-state index in [0.29, 0.717) is 19.1 Å². The lowest BCUT2D eigenvalue weighted by atomic mass is 9.89. The van der Waals surface area contributed by atoms with Gasteiger partial charge in [0.05, 0.1) is 12.0 Å². The van der Waals surface area contributed by atoms with Crippen LogP contribution in [0.15, 0.2) is 0 Å². The van der Waals surface area contributed by atoms with Crippen LogP contribution >= 0.6 is 0 Å². The molecule has 0 radical (unpaired) electrons. The molecule has 1 aliphatic heterocycles. The lowest BCUT2D eigenvalue weighted by Gasteiger charge is -2.39. The quantitative estimate of drug-likeness (QED) is 0.784. The van der Waals surface area contributed by atoms with Crippen molar-refractivity contribution in [1.29, 1.82) is 0 Å². The summed E-state index contributed by atoms with van der Waals surface area (Å²) in [5.74, 6) is 0.358. The van der Waals surface area contributed by atoms with Gasteiger partial charge in [-0.2, -0.15) is 0 Å². The average Bonchev–Trinajstić information content (AvgIpc) is 2.73. The van der Waals surface area contributed by atoms with E-state index in [2.05, 4.69) is 6.92 Å². The molecule has 2 N–H and O–H groups in total. The molecule has 2 aliphatic rings. The minimum Gasteiger partial charge on any atom is -0.377 e. The van der Waals surface area contributed by atoms with E-state index in [0.717, 1.165) is 32.3 Å². The number of rotatable bonds is 5. The number of hydrogen-bond donors (Lipinski definition) is 1. The third-order valence-electron chi connectivity index (χ3n) is 4.10. The number of amides is 1. The first kappa shape index (κ1) is 12.8. The molecule has 0 aromatic heterocycles. The van der Waals surface area contributed by atoms with Crippen LogP contribution in [-0.4, -0.2) is 42.6 Å². The van der Waals surface area contributed by atoms with Gasteiger partial charge >= 0.3 is 0 Å². The van der Waals surface area contributed by atoms with Crippen LogP contribution in [0, 0.1) is 5.92 Å². The fraction of sp³-hybridized carbons (Fsp3) is 0.923. The number of nitrogens with two attached hydrogens (primary N) is 1. The van der Waals surface area contributed by atoms with Crippen LogP contribution in [0.5, 0.6) is 0 Å². The van der Waals surface area contributed by atoms with Crippen LogP contribution in [0.4, 0.5) is 0 Å². The molecule has 1 amide bonds. The highest BCUT2D eigenvalue weighted by Crippen LogP contribution is 2.30. The lowest BCUT2D eigenvalue weighted by molar-refractivity contribution is -0.141. The van der Waals surface area contributed by atoms with Gasteiger partial charge in [-0.3, -0.25) is 4.79 Å². The van der Waals surface area contributed by atoms with Crippen LogP contribution < -0.4 is 5.73 Å². The van der Waals surface area contributed by atoms with Crippen LogP contribution in [0.2, 0.25) is 0 Å². The summed E-state index contributed by atoms with van der Waals surface area (Å²) >= 11 is 0. The molecule has 2 fully saturated rings. The SMILES string of the molecule is CCC1OCCC1C(=O)N(CCN)C1CCC1. The zero-order valence-electron chi connectivity index (χ0n) is 10.7. The summed E-state index contributed by atoms with van der Waals surface area (Å²) in [5.41, 5.74) is 5.62. The molecule has 4 heteroatoms. The molecule has 0 aromatic rings. The zero-order valence-corrected chi connectivity index (χ0v) is 10.7. The lowest BCUT2D eigenvalue weighted by Crippen LogP contribution is -2.50. The monoisotopic (exact) mass is 240 g/mol. The molecule has 0 bridgehead atoms. The molecule has 2 unspecified atom stereocenters. The third-order valence-corrected chi connectivity index (χ3v) is 4.10. The van der Waals surface area contributed by atoms with E-state index < -0.39 is 0 Å².